The molecule has 100 valence electrons. The minimum Gasteiger partial charge on any atom is -0.476 e. The Morgan fingerprint density at radius 3 is 2.95 bits per heavy atom. The number of aromatic carboxylic acids is 1. The van der Waals surface area contributed by atoms with E-state index in [2.05, 4.69) is 15.3 Å². The predicted octanol–water partition coefficient (Wildman–Crippen LogP) is 2.08. The first kappa shape index (κ1) is 12.3. The number of fused-ring (bicyclic) bond motifs is 1. The van der Waals surface area contributed by atoms with Crippen molar-refractivity contribution in [1.29, 1.82) is 0 Å². The number of carboxylic acids is 1. The molecule has 6 heteroatoms. The number of benzene rings is 1. The lowest BCUT2D eigenvalue weighted by molar-refractivity contribution is 0.0689. The highest BCUT2D eigenvalue weighted by molar-refractivity contribution is 5.90. The minimum absolute atomic E-state index is 0.00612. The molecule has 0 atom stereocenters. The largest absolute Gasteiger partial charge is 0.476 e. The molecule has 2 aromatic heterocycles. The minimum atomic E-state index is -1.06. The van der Waals surface area contributed by atoms with E-state index in [1.54, 1.807) is 17.1 Å². The van der Waals surface area contributed by atoms with Crippen LogP contribution in [0.25, 0.3) is 16.5 Å². The van der Waals surface area contributed by atoms with Gasteiger partial charge in [-0.2, -0.15) is 0 Å². The van der Waals surface area contributed by atoms with Crippen molar-refractivity contribution in [3.8, 4) is 5.69 Å². The van der Waals surface area contributed by atoms with Crippen molar-refractivity contribution in [3.63, 3.8) is 0 Å². The van der Waals surface area contributed by atoms with Gasteiger partial charge in [-0.25, -0.2) is 9.48 Å². The Labute approximate surface area is 114 Å². The zero-order chi connectivity index (χ0) is 14.1. The molecule has 0 aliphatic heterocycles. The number of hydrogen-bond acceptors (Lipinski definition) is 4. The molecule has 0 spiro atoms. The van der Waals surface area contributed by atoms with Crippen LogP contribution in [0.15, 0.2) is 36.7 Å². The topological polar surface area (TPSA) is 80.9 Å². The Morgan fingerprint density at radius 1 is 1.35 bits per heavy atom. The molecule has 0 unspecified atom stereocenters. The maximum Gasteiger partial charge on any atom is 0.358 e. The molecule has 6 nitrogen and oxygen atoms in total. The summed E-state index contributed by atoms with van der Waals surface area (Å²) in [6.45, 7) is 1.88. The van der Waals surface area contributed by atoms with Crippen LogP contribution >= 0.6 is 0 Å². The van der Waals surface area contributed by atoms with E-state index >= 15 is 0 Å². The van der Waals surface area contributed by atoms with Crippen LogP contribution in [-0.2, 0) is 6.42 Å². The van der Waals surface area contributed by atoms with E-state index in [0.717, 1.165) is 16.5 Å². The lowest BCUT2D eigenvalue weighted by Gasteiger charge is -2.08. The van der Waals surface area contributed by atoms with Crippen LogP contribution in [0.4, 0.5) is 0 Å². The van der Waals surface area contributed by atoms with E-state index in [1.165, 1.54) is 0 Å². The summed E-state index contributed by atoms with van der Waals surface area (Å²) >= 11 is 0. The van der Waals surface area contributed by atoms with Crippen molar-refractivity contribution in [2.24, 2.45) is 0 Å². The summed E-state index contributed by atoms with van der Waals surface area (Å²) < 4.78 is 1.58. The van der Waals surface area contributed by atoms with Gasteiger partial charge in [0.2, 0.25) is 0 Å². The monoisotopic (exact) mass is 268 g/mol. The van der Waals surface area contributed by atoms with Crippen LogP contribution in [0.5, 0.6) is 0 Å². The first-order valence-electron chi connectivity index (χ1n) is 6.23. The van der Waals surface area contributed by atoms with Gasteiger partial charge in [-0.05, 0) is 23.9 Å². The summed E-state index contributed by atoms with van der Waals surface area (Å²) in [5.74, 6) is -1.06. The third-order valence-electron chi connectivity index (χ3n) is 3.19. The number of carboxylic acid groups (broad SMARTS) is 1. The highest BCUT2D eigenvalue weighted by Gasteiger charge is 2.19. The number of hydrogen-bond donors (Lipinski definition) is 1. The van der Waals surface area contributed by atoms with Crippen molar-refractivity contribution >= 4 is 16.7 Å². The van der Waals surface area contributed by atoms with Gasteiger partial charge in [0.05, 0.1) is 11.4 Å². The normalized spacial score (nSPS) is 10.8. The molecule has 3 rings (SSSR count). The Hall–Kier alpha value is -2.76. The van der Waals surface area contributed by atoms with E-state index in [4.69, 9.17) is 5.11 Å². The molecule has 0 radical (unpaired) electrons. The predicted molar refractivity (Wildman–Crippen MR) is 73.0 cm³/mol. The summed E-state index contributed by atoms with van der Waals surface area (Å²) in [5.41, 5.74) is 1.36. The molecular formula is C14H12N4O2. The molecule has 0 fully saturated rings. The fourth-order valence-electron chi connectivity index (χ4n) is 2.26. The number of aromatic nitrogens is 4. The van der Waals surface area contributed by atoms with Crippen molar-refractivity contribution in [3.05, 3.63) is 48.0 Å². The number of rotatable bonds is 3. The molecule has 0 aliphatic rings. The van der Waals surface area contributed by atoms with Crippen LogP contribution in [0.2, 0.25) is 0 Å². The van der Waals surface area contributed by atoms with Gasteiger partial charge >= 0.3 is 5.97 Å². The fourth-order valence-corrected chi connectivity index (χ4v) is 2.26. The Morgan fingerprint density at radius 2 is 2.20 bits per heavy atom. The third-order valence-corrected chi connectivity index (χ3v) is 3.19. The summed E-state index contributed by atoms with van der Waals surface area (Å²) in [5, 5.41) is 18.8. The molecule has 0 bridgehead atoms. The summed E-state index contributed by atoms with van der Waals surface area (Å²) in [6.07, 6.45) is 3.99. The second-order valence-corrected chi connectivity index (χ2v) is 4.33. The smallest absolute Gasteiger partial charge is 0.358 e. The van der Waals surface area contributed by atoms with Crippen molar-refractivity contribution in [2.45, 2.75) is 13.3 Å². The molecule has 2 heterocycles. The average molecular weight is 268 g/mol. The van der Waals surface area contributed by atoms with E-state index in [1.807, 2.05) is 31.2 Å². The number of pyridine rings is 1. The lowest BCUT2D eigenvalue weighted by atomic mass is 10.1. The SMILES string of the molecule is CCc1c(C(=O)O)nnn1-c1cccc2ccncc12. The molecule has 3 aromatic rings. The van der Waals surface area contributed by atoms with Gasteiger partial charge in [0.1, 0.15) is 0 Å². The van der Waals surface area contributed by atoms with Crippen molar-refractivity contribution in [2.75, 3.05) is 0 Å². The Bertz CT molecular complexity index is 789. The highest BCUT2D eigenvalue weighted by Crippen LogP contribution is 2.22. The molecule has 0 amide bonds. The first-order valence-corrected chi connectivity index (χ1v) is 6.23. The third kappa shape index (κ3) is 1.82. The van der Waals surface area contributed by atoms with Crippen LogP contribution in [-0.4, -0.2) is 31.1 Å². The average Bonchev–Trinajstić information content (AvgIpc) is 2.90. The molecule has 20 heavy (non-hydrogen) atoms. The zero-order valence-corrected chi connectivity index (χ0v) is 10.8. The Kier molecular flexibility index (Phi) is 2.90. The number of nitrogens with zero attached hydrogens (tertiary/aromatic N) is 4. The summed E-state index contributed by atoms with van der Waals surface area (Å²) in [7, 11) is 0. The van der Waals surface area contributed by atoms with Crippen molar-refractivity contribution in [1.82, 2.24) is 20.0 Å². The molecule has 0 aliphatic carbocycles. The molecular weight excluding hydrogens is 256 g/mol. The van der Waals surface area contributed by atoms with Gasteiger partial charge in [-0.15, -0.1) is 5.10 Å². The maximum atomic E-state index is 11.2. The van der Waals surface area contributed by atoms with Gasteiger partial charge < -0.3 is 5.11 Å². The summed E-state index contributed by atoms with van der Waals surface area (Å²) in [4.78, 5) is 15.3. The van der Waals surface area contributed by atoms with Crippen LogP contribution in [0, 0.1) is 0 Å². The fraction of sp³-hybridized carbons (Fsp3) is 0.143. The summed E-state index contributed by atoms with van der Waals surface area (Å²) in [6, 6.07) is 7.66. The van der Waals surface area contributed by atoms with E-state index < -0.39 is 5.97 Å². The van der Waals surface area contributed by atoms with Gasteiger partial charge in [0.15, 0.2) is 5.69 Å². The quantitative estimate of drug-likeness (QED) is 0.786. The molecule has 1 aromatic carbocycles. The van der Waals surface area contributed by atoms with Gasteiger partial charge in [-0.3, -0.25) is 4.98 Å². The van der Waals surface area contributed by atoms with Crippen LogP contribution in [0.1, 0.15) is 23.1 Å². The van der Waals surface area contributed by atoms with Crippen LogP contribution in [0.3, 0.4) is 0 Å². The molecule has 0 saturated carbocycles. The van der Waals surface area contributed by atoms with E-state index in [-0.39, 0.29) is 5.69 Å². The standard InChI is InChI=1S/C14H12N4O2/c1-2-11-13(14(19)20)16-17-18(11)12-5-3-4-9-6-7-15-8-10(9)12/h3-8H,2H2,1H3,(H,19,20). The molecule has 0 saturated heterocycles. The first-order chi connectivity index (χ1) is 9.72. The zero-order valence-electron chi connectivity index (χ0n) is 10.8. The Balaban J connectivity index is 2.29. The van der Waals surface area contributed by atoms with Crippen LogP contribution < -0.4 is 0 Å². The number of carbonyl (C=O) groups is 1. The van der Waals surface area contributed by atoms with Gasteiger partial charge in [0, 0.05) is 17.8 Å². The maximum absolute atomic E-state index is 11.2. The second kappa shape index (κ2) is 4.73. The van der Waals surface area contributed by atoms with Crippen molar-refractivity contribution < 1.29 is 9.90 Å². The highest BCUT2D eigenvalue weighted by atomic mass is 16.4. The molecule has 1 N–H and O–H groups in total. The van der Waals surface area contributed by atoms with E-state index in [0.29, 0.717) is 12.1 Å². The van der Waals surface area contributed by atoms with Gasteiger partial charge in [0.25, 0.3) is 0 Å². The van der Waals surface area contributed by atoms with E-state index in [9.17, 15) is 4.79 Å². The lowest BCUT2D eigenvalue weighted by Crippen LogP contribution is -2.06. The van der Waals surface area contributed by atoms with Gasteiger partial charge in [-0.1, -0.05) is 24.3 Å². The second-order valence-electron chi connectivity index (χ2n) is 4.33.